The van der Waals surface area contributed by atoms with Crippen molar-refractivity contribution >= 4 is 0 Å². The molecule has 0 aromatic heterocycles. The molecule has 0 aliphatic heterocycles. The fraction of sp³-hybridized carbons (Fsp3) is 0.333. The Morgan fingerprint density at radius 1 is 1.50 bits per heavy atom. The highest BCUT2D eigenvalue weighted by Gasteiger charge is 1.95. The molecule has 1 rings (SSSR count). The van der Waals surface area contributed by atoms with E-state index in [1.807, 2.05) is 6.07 Å². The van der Waals surface area contributed by atoms with E-state index in [9.17, 15) is 0 Å². The Kier molecular flexibility index (Phi) is 1.66. The van der Waals surface area contributed by atoms with Crippen molar-refractivity contribution in [2.24, 2.45) is 0 Å². The van der Waals surface area contributed by atoms with Crippen LogP contribution in [0.15, 0.2) is 30.3 Å². The standard InChI is InChI=1S/C9H12O/c1-8(10)7-9-5-3-2-4-6-9/h2-6,8,10H,7H2,1H3/t8-/m0/s1/i7D2. The summed E-state index contributed by atoms with van der Waals surface area (Å²) in [4.78, 5) is 0. The molecule has 0 saturated heterocycles. The maximum absolute atomic E-state index is 9.16. The smallest absolute Gasteiger partial charge is 0.0552 e. The van der Waals surface area contributed by atoms with Gasteiger partial charge in [0.25, 0.3) is 0 Å². The van der Waals surface area contributed by atoms with E-state index < -0.39 is 12.5 Å². The van der Waals surface area contributed by atoms with Gasteiger partial charge in [-0.2, -0.15) is 0 Å². The van der Waals surface area contributed by atoms with E-state index in [4.69, 9.17) is 7.85 Å². The summed E-state index contributed by atoms with van der Waals surface area (Å²) < 4.78 is 15.1. The van der Waals surface area contributed by atoms with Crippen LogP contribution in [0.1, 0.15) is 15.2 Å². The van der Waals surface area contributed by atoms with Gasteiger partial charge in [-0.15, -0.1) is 0 Å². The van der Waals surface area contributed by atoms with Gasteiger partial charge in [-0.25, -0.2) is 0 Å². The lowest BCUT2D eigenvalue weighted by Gasteiger charge is -2.01. The number of aliphatic hydroxyl groups excluding tert-OH is 1. The van der Waals surface area contributed by atoms with Crippen LogP contribution in [0.4, 0.5) is 0 Å². The monoisotopic (exact) mass is 138 g/mol. The molecule has 1 nitrogen and oxygen atoms in total. The van der Waals surface area contributed by atoms with E-state index in [1.54, 1.807) is 24.3 Å². The SMILES string of the molecule is [2H]C([2H])(c1ccccc1)[C@H](C)O. The van der Waals surface area contributed by atoms with Gasteiger partial charge in [-0.1, -0.05) is 30.3 Å². The van der Waals surface area contributed by atoms with Crippen molar-refractivity contribution in [1.82, 2.24) is 0 Å². The van der Waals surface area contributed by atoms with Crippen molar-refractivity contribution < 1.29 is 7.85 Å². The number of hydrogen-bond acceptors (Lipinski definition) is 1. The topological polar surface area (TPSA) is 20.2 Å². The van der Waals surface area contributed by atoms with Gasteiger partial charge in [-0.3, -0.25) is 0 Å². The molecule has 0 bridgehead atoms. The summed E-state index contributed by atoms with van der Waals surface area (Å²) in [5, 5.41) is 9.16. The first kappa shape index (κ1) is 4.91. The summed E-state index contributed by atoms with van der Waals surface area (Å²) >= 11 is 0. The number of hydrogen-bond donors (Lipinski definition) is 1. The molecule has 1 atom stereocenters. The first-order chi connectivity index (χ1) is 5.55. The first-order valence-electron chi connectivity index (χ1n) is 4.28. The highest BCUT2D eigenvalue weighted by atomic mass is 16.3. The summed E-state index contributed by atoms with van der Waals surface area (Å²) in [6.07, 6.45) is -2.64. The molecule has 1 heteroatoms. The third-order valence-electron chi connectivity index (χ3n) is 1.15. The Morgan fingerprint density at radius 2 is 2.10 bits per heavy atom. The van der Waals surface area contributed by atoms with Crippen molar-refractivity contribution in [2.75, 3.05) is 0 Å². The molecule has 1 aromatic rings. The lowest BCUT2D eigenvalue weighted by atomic mass is 10.1. The van der Waals surface area contributed by atoms with E-state index in [0.717, 1.165) is 0 Å². The van der Waals surface area contributed by atoms with Crippen molar-refractivity contribution in [3.05, 3.63) is 35.9 Å². The second-order valence-electron chi connectivity index (χ2n) is 2.19. The molecule has 0 amide bonds. The Labute approximate surface area is 64.1 Å². The molecule has 0 spiro atoms. The van der Waals surface area contributed by atoms with Crippen LogP contribution in [-0.2, 0) is 6.37 Å². The minimum absolute atomic E-state index is 0.514. The van der Waals surface area contributed by atoms with Crippen LogP contribution in [-0.4, -0.2) is 11.2 Å². The molecule has 0 aliphatic carbocycles. The quantitative estimate of drug-likeness (QED) is 0.658. The van der Waals surface area contributed by atoms with Crippen molar-refractivity contribution in [3.8, 4) is 0 Å². The fourth-order valence-corrected chi connectivity index (χ4v) is 0.776. The molecule has 0 radical (unpaired) electrons. The van der Waals surface area contributed by atoms with Crippen LogP contribution >= 0.6 is 0 Å². The molecular weight excluding hydrogens is 124 g/mol. The summed E-state index contributed by atoms with van der Waals surface area (Å²) in [6.45, 7) is 1.45. The number of aliphatic hydroxyl groups is 1. The molecule has 0 fully saturated rings. The van der Waals surface area contributed by atoms with Crippen LogP contribution in [0.2, 0.25) is 0 Å². The third-order valence-corrected chi connectivity index (χ3v) is 1.15. The van der Waals surface area contributed by atoms with Crippen LogP contribution in [0.3, 0.4) is 0 Å². The zero-order valence-corrected chi connectivity index (χ0v) is 5.91. The molecule has 0 unspecified atom stereocenters. The van der Waals surface area contributed by atoms with E-state index in [1.165, 1.54) is 6.92 Å². The predicted molar refractivity (Wildman–Crippen MR) is 41.8 cm³/mol. The second-order valence-corrected chi connectivity index (χ2v) is 2.19. The zero-order chi connectivity index (χ0) is 9.19. The van der Waals surface area contributed by atoms with Crippen molar-refractivity contribution in [3.63, 3.8) is 0 Å². The van der Waals surface area contributed by atoms with Gasteiger partial charge in [-0.05, 0) is 18.9 Å². The molecule has 0 heterocycles. The van der Waals surface area contributed by atoms with Gasteiger partial charge in [0.05, 0.1) is 6.10 Å². The van der Waals surface area contributed by atoms with Gasteiger partial charge in [0.15, 0.2) is 0 Å². The van der Waals surface area contributed by atoms with Crippen LogP contribution < -0.4 is 0 Å². The highest BCUT2D eigenvalue weighted by molar-refractivity contribution is 5.15. The van der Waals surface area contributed by atoms with Crippen LogP contribution in [0, 0.1) is 0 Å². The zero-order valence-electron chi connectivity index (χ0n) is 7.91. The molecule has 0 aliphatic rings. The predicted octanol–water partition coefficient (Wildman–Crippen LogP) is 1.61. The Balaban J connectivity index is 2.98. The summed E-state index contributed by atoms with van der Waals surface area (Å²) in [6, 6.07) is 8.69. The van der Waals surface area contributed by atoms with E-state index >= 15 is 0 Å². The lowest BCUT2D eigenvalue weighted by Crippen LogP contribution is -2.03. The highest BCUT2D eigenvalue weighted by Crippen LogP contribution is 2.01. The molecule has 10 heavy (non-hydrogen) atoms. The van der Waals surface area contributed by atoms with Gasteiger partial charge in [0, 0.05) is 2.74 Å². The average Bonchev–Trinajstić information content (AvgIpc) is 2.06. The number of rotatable bonds is 2. The second kappa shape index (κ2) is 3.37. The molecule has 0 saturated carbocycles. The number of benzene rings is 1. The van der Waals surface area contributed by atoms with Crippen molar-refractivity contribution in [1.29, 1.82) is 0 Å². The minimum Gasteiger partial charge on any atom is -0.393 e. The summed E-state index contributed by atoms with van der Waals surface area (Å²) in [5.74, 6) is 0. The fourth-order valence-electron chi connectivity index (χ4n) is 0.776. The molecule has 54 valence electrons. The van der Waals surface area contributed by atoms with Gasteiger partial charge in [0.1, 0.15) is 0 Å². The first-order valence-corrected chi connectivity index (χ1v) is 3.28. The van der Waals surface area contributed by atoms with E-state index in [0.29, 0.717) is 5.56 Å². The summed E-state index contributed by atoms with van der Waals surface area (Å²) in [5.41, 5.74) is 0.514. The van der Waals surface area contributed by atoms with Gasteiger partial charge >= 0.3 is 0 Å². The Hall–Kier alpha value is -0.820. The Bertz CT molecular complexity index is 244. The van der Waals surface area contributed by atoms with Crippen LogP contribution in [0.25, 0.3) is 0 Å². The lowest BCUT2D eigenvalue weighted by molar-refractivity contribution is 0.195. The minimum atomic E-state index is -1.65. The van der Waals surface area contributed by atoms with Gasteiger partial charge < -0.3 is 5.11 Å². The molecule has 1 aromatic carbocycles. The molecular formula is C9H12O. The molecule has 1 N–H and O–H groups in total. The largest absolute Gasteiger partial charge is 0.393 e. The normalized spacial score (nSPS) is 17.4. The summed E-state index contributed by atoms with van der Waals surface area (Å²) in [7, 11) is 0. The van der Waals surface area contributed by atoms with Gasteiger partial charge in [0.2, 0.25) is 0 Å². The van der Waals surface area contributed by atoms with Crippen LogP contribution in [0.5, 0.6) is 0 Å². The van der Waals surface area contributed by atoms with E-state index in [-0.39, 0.29) is 0 Å². The van der Waals surface area contributed by atoms with Crippen molar-refractivity contribution in [2.45, 2.75) is 19.4 Å². The average molecular weight is 138 g/mol. The maximum Gasteiger partial charge on any atom is 0.0552 e. The third kappa shape index (κ3) is 2.19. The Morgan fingerprint density at radius 3 is 2.60 bits per heavy atom. The van der Waals surface area contributed by atoms with E-state index in [2.05, 4.69) is 0 Å². The maximum atomic E-state index is 9.16.